The number of aryl methyl sites for hydroxylation is 2. The number of nitrogens with zero attached hydrogens (tertiary/aromatic N) is 2. The van der Waals surface area contributed by atoms with Crippen LogP contribution in [0.4, 0.5) is 0 Å². The maximum absolute atomic E-state index is 2.36. The van der Waals surface area contributed by atoms with Crippen LogP contribution in [-0.4, -0.2) is 48.2 Å². The molecule has 2 rings (SSSR count). The molecule has 0 atom stereocenters. The number of unbranched alkanes of at least 4 members (excludes halogenated alkanes) is 1. The van der Waals surface area contributed by atoms with Gasteiger partial charge in [0.15, 0.2) is 0 Å². The Morgan fingerprint density at radius 1 is 0.406 bits per heavy atom. The third kappa shape index (κ3) is 7.46. The first-order valence-corrected chi connectivity index (χ1v) is 13.3. The van der Waals surface area contributed by atoms with Crippen LogP contribution >= 0.6 is 0 Å². The van der Waals surface area contributed by atoms with Crippen LogP contribution in [0.1, 0.15) is 76.6 Å². The highest BCUT2D eigenvalue weighted by Crippen LogP contribution is 2.18. The third-order valence-corrected chi connectivity index (χ3v) is 8.29. The SMILES string of the molecule is CC[N+](CC)(CC)Cc1ccc(CCCCc2ccc(C[N+](CC)(CC)CC)cc2)cc1. The average molecular weight is 439 g/mol. The Morgan fingerprint density at radius 2 is 0.656 bits per heavy atom. The summed E-state index contributed by atoms with van der Waals surface area (Å²) in [5, 5.41) is 0. The van der Waals surface area contributed by atoms with Gasteiger partial charge in [0.25, 0.3) is 0 Å². The number of quaternary nitrogens is 2. The Kier molecular flexibility index (Phi) is 10.9. The fraction of sp³-hybridized carbons (Fsp3) is 0.600. The minimum Gasteiger partial charge on any atom is -0.321 e. The Morgan fingerprint density at radius 3 is 0.906 bits per heavy atom. The summed E-state index contributed by atoms with van der Waals surface area (Å²) in [6, 6.07) is 18.9. The number of hydrogen-bond donors (Lipinski definition) is 0. The van der Waals surface area contributed by atoms with Crippen molar-refractivity contribution in [2.45, 2.75) is 80.3 Å². The monoisotopic (exact) mass is 438 g/mol. The molecule has 0 saturated heterocycles. The maximum Gasteiger partial charge on any atom is 0.104 e. The lowest BCUT2D eigenvalue weighted by molar-refractivity contribution is -0.936. The minimum atomic E-state index is 1.16. The van der Waals surface area contributed by atoms with Gasteiger partial charge >= 0.3 is 0 Å². The lowest BCUT2D eigenvalue weighted by atomic mass is 10.0. The zero-order valence-corrected chi connectivity index (χ0v) is 22.0. The molecule has 32 heavy (non-hydrogen) atoms. The number of hydrogen-bond acceptors (Lipinski definition) is 0. The van der Waals surface area contributed by atoms with E-state index in [1.165, 1.54) is 96.2 Å². The Bertz CT molecular complexity index is 668. The molecule has 0 aliphatic carbocycles. The van der Waals surface area contributed by atoms with E-state index < -0.39 is 0 Å². The van der Waals surface area contributed by atoms with Gasteiger partial charge < -0.3 is 8.97 Å². The van der Waals surface area contributed by atoms with E-state index in [9.17, 15) is 0 Å². The molecule has 178 valence electrons. The van der Waals surface area contributed by atoms with Crippen LogP contribution in [0.25, 0.3) is 0 Å². The number of benzene rings is 2. The van der Waals surface area contributed by atoms with Crippen molar-refractivity contribution >= 4 is 0 Å². The van der Waals surface area contributed by atoms with Crippen molar-refractivity contribution in [1.82, 2.24) is 0 Å². The van der Waals surface area contributed by atoms with Crippen LogP contribution in [0.2, 0.25) is 0 Å². The molecular weight excluding hydrogens is 388 g/mol. The molecule has 0 unspecified atom stereocenters. The second kappa shape index (κ2) is 13.2. The molecule has 0 saturated carbocycles. The summed E-state index contributed by atoms with van der Waals surface area (Å²) in [4.78, 5) is 0. The summed E-state index contributed by atoms with van der Waals surface area (Å²) in [5.74, 6) is 0. The summed E-state index contributed by atoms with van der Waals surface area (Å²) in [6.07, 6.45) is 4.91. The smallest absolute Gasteiger partial charge is 0.104 e. The quantitative estimate of drug-likeness (QED) is 0.207. The van der Waals surface area contributed by atoms with E-state index in [2.05, 4.69) is 90.1 Å². The summed E-state index contributed by atoms with van der Waals surface area (Å²) >= 11 is 0. The standard InChI is InChI=1S/C30H50N2/c1-7-31(8-2,9-3)25-29-21-17-27(18-22-29)15-13-14-16-28-19-23-30(24-20-28)26-32(10-4,11-5)12-6/h17-24H,7-16,25-26H2,1-6H3/q+2. The molecule has 0 heterocycles. The van der Waals surface area contributed by atoms with Crippen molar-refractivity contribution in [1.29, 1.82) is 0 Å². The molecule has 2 heteroatoms. The van der Waals surface area contributed by atoms with Crippen LogP contribution in [0.3, 0.4) is 0 Å². The van der Waals surface area contributed by atoms with Gasteiger partial charge in [-0.15, -0.1) is 0 Å². The molecule has 2 aromatic rings. The van der Waals surface area contributed by atoms with E-state index >= 15 is 0 Å². The summed E-state index contributed by atoms with van der Waals surface area (Å²) in [7, 11) is 0. The summed E-state index contributed by atoms with van der Waals surface area (Å²) < 4.78 is 2.38. The maximum atomic E-state index is 2.36. The summed E-state index contributed by atoms with van der Waals surface area (Å²) in [6.45, 7) is 23.5. The van der Waals surface area contributed by atoms with Gasteiger partial charge in [0.1, 0.15) is 13.1 Å². The zero-order valence-electron chi connectivity index (χ0n) is 22.0. The molecule has 0 N–H and O–H groups in total. The average Bonchev–Trinajstić information content (AvgIpc) is 2.85. The van der Waals surface area contributed by atoms with Gasteiger partial charge in [-0.3, -0.25) is 0 Å². The molecule has 0 radical (unpaired) electrons. The van der Waals surface area contributed by atoms with Gasteiger partial charge in [-0.05, 0) is 78.4 Å². The van der Waals surface area contributed by atoms with Gasteiger partial charge in [-0.2, -0.15) is 0 Å². The van der Waals surface area contributed by atoms with Crippen LogP contribution in [0, 0.1) is 0 Å². The van der Waals surface area contributed by atoms with E-state index in [0.29, 0.717) is 0 Å². The second-order valence-electron chi connectivity index (χ2n) is 9.74. The van der Waals surface area contributed by atoms with Crippen molar-refractivity contribution in [2.75, 3.05) is 39.3 Å². The first kappa shape index (κ1) is 26.6. The van der Waals surface area contributed by atoms with Crippen molar-refractivity contribution in [3.8, 4) is 0 Å². The van der Waals surface area contributed by atoms with E-state index in [0.717, 1.165) is 13.1 Å². The van der Waals surface area contributed by atoms with Crippen molar-refractivity contribution < 1.29 is 8.97 Å². The second-order valence-corrected chi connectivity index (χ2v) is 9.74. The molecule has 0 aliphatic heterocycles. The van der Waals surface area contributed by atoms with Crippen LogP contribution in [0.5, 0.6) is 0 Å². The lowest BCUT2D eigenvalue weighted by Gasteiger charge is -2.36. The van der Waals surface area contributed by atoms with Crippen molar-refractivity contribution in [2.24, 2.45) is 0 Å². The highest BCUT2D eigenvalue weighted by atomic mass is 15.3. The molecule has 0 amide bonds. The molecule has 2 aromatic carbocycles. The van der Waals surface area contributed by atoms with Gasteiger partial charge in [0.05, 0.1) is 39.3 Å². The first-order valence-electron chi connectivity index (χ1n) is 13.3. The molecule has 0 spiro atoms. The largest absolute Gasteiger partial charge is 0.321 e. The molecule has 2 nitrogen and oxygen atoms in total. The third-order valence-electron chi connectivity index (χ3n) is 8.29. The van der Waals surface area contributed by atoms with Gasteiger partial charge in [-0.25, -0.2) is 0 Å². The lowest BCUT2D eigenvalue weighted by Crippen LogP contribution is -2.46. The number of rotatable bonds is 15. The Balaban J connectivity index is 1.79. The zero-order chi connectivity index (χ0) is 23.5. The Labute approximate surface area is 199 Å². The van der Waals surface area contributed by atoms with Crippen LogP contribution in [0.15, 0.2) is 48.5 Å². The van der Waals surface area contributed by atoms with Crippen LogP contribution < -0.4 is 0 Å². The Hall–Kier alpha value is -1.64. The molecule has 0 bridgehead atoms. The van der Waals surface area contributed by atoms with Gasteiger partial charge in [-0.1, -0.05) is 48.5 Å². The van der Waals surface area contributed by atoms with E-state index in [4.69, 9.17) is 0 Å². The van der Waals surface area contributed by atoms with Crippen LogP contribution in [-0.2, 0) is 25.9 Å². The van der Waals surface area contributed by atoms with E-state index in [1.54, 1.807) is 0 Å². The molecule has 0 aromatic heterocycles. The van der Waals surface area contributed by atoms with Crippen molar-refractivity contribution in [3.05, 3.63) is 70.8 Å². The molecular formula is C30H50N2+2. The van der Waals surface area contributed by atoms with Gasteiger partial charge in [0, 0.05) is 11.1 Å². The minimum absolute atomic E-state index is 1.16. The van der Waals surface area contributed by atoms with E-state index in [1.807, 2.05) is 0 Å². The predicted octanol–water partition coefficient (Wildman–Crippen LogP) is 7.01. The molecule has 0 aliphatic rings. The normalized spacial score (nSPS) is 12.3. The molecule has 0 fully saturated rings. The highest BCUT2D eigenvalue weighted by Gasteiger charge is 2.21. The fourth-order valence-electron chi connectivity index (χ4n) is 5.07. The van der Waals surface area contributed by atoms with Gasteiger partial charge in [0.2, 0.25) is 0 Å². The first-order chi connectivity index (χ1) is 15.5. The predicted molar refractivity (Wildman–Crippen MR) is 141 cm³/mol. The summed E-state index contributed by atoms with van der Waals surface area (Å²) in [5.41, 5.74) is 5.94. The van der Waals surface area contributed by atoms with Crippen molar-refractivity contribution in [3.63, 3.8) is 0 Å². The highest BCUT2D eigenvalue weighted by molar-refractivity contribution is 5.23. The fourth-order valence-corrected chi connectivity index (χ4v) is 5.07. The topological polar surface area (TPSA) is 0 Å². The van der Waals surface area contributed by atoms with E-state index in [-0.39, 0.29) is 0 Å².